The number of alkyl halides is 1. The summed E-state index contributed by atoms with van der Waals surface area (Å²) in [5.41, 5.74) is 14.4. The number of rotatable bonds is 6. The van der Waals surface area contributed by atoms with Gasteiger partial charge in [0.1, 0.15) is 29.5 Å². The highest BCUT2D eigenvalue weighted by atomic mass is 32.2. The summed E-state index contributed by atoms with van der Waals surface area (Å²) in [5, 5.41) is 19.9. The maximum absolute atomic E-state index is 14.4. The lowest BCUT2D eigenvalue weighted by atomic mass is 9.88. The zero-order valence-corrected chi connectivity index (χ0v) is 24.0. The van der Waals surface area contributed by atoms with Crippen LogP contribution in [-0.4, -0.2) is 96.2 Å². The van der Waals surface area contributed by atoms with Crippen molar-refractivity contribution >= 4 is 51.4 Å². The molecule has 5 aliphatic heterocycles. The number of carboxylic acids is 1. The summed E-state index contributed by atoms with van der Waals surface area (Å²) in [4.78, 5) is 28.2. The number of thioether (sulfide) groups is 1. The van der Waals surface area contributed by atoms with Crippen LogP contribution in [0.4, 0.5) is 26.7 Å². The van der Waals surface area contributed by atoms with E-state index in [0.29, 0.717) is 60.5 Å². The molecule has 5 aliphatic rings. The lowest BCUT2D eigenvalue weighted by Gasteiger charge is -2.49. The Labute approximate surface area is 244 Å². The molecular formula is C26H31FN8O4S2. The van der Waals surface area contributed by atoms with Gasteiger partial charge < -0.3 is 35.8 Å². The van der Waals surface area contributed by atoms with Crippen molar-refractivity contribution in [2.45, 2.75) is 47.6 Å². The number of morpholine rings is 1. The van der Waals surface area contributed by atoms with Crippen LogP contribution in [0.25, 0.3) is 0 Å². The van der Waals surface area contributed by atoms with E-state index in [2.05, 4.69) is 16.0 Å². The van der Waals surface area contributed by atoms with Crippen LogP contribution in [0.15, 0.2) is 0 Å². The van der Waals surface area contributed by atoms with Crippen LogP contribution in [0.3, 0.4) is 0 Å². The fourth-order valence-corrected chi connectivity index (χ4v) is 9.86. The van der Waals surface area contributed by atoms with Crippen molar-refractivity contribution in [3.8, 4) is 12.1 Å². The minimum atomic E-state index is -1.05. The van der Waals surface area contributed by atoms with Crippen molar-refractivity contribution in [2.75, 3.05) is 73.7 Å². The Hall–Kier alpha value is -3.06. The summed E-state index contributed by atoms with van der Waals surface area (Å²) in [7, 11) is 0. The number of ether oxygens (including phenoxy) is 2. The van der Waals surface area contributed by atoms with Crippen molar-refractivity contribution in [1.82, 2.24) is 14.9 Å². The number of carboxylic acid groups (broad SMARTS) is 1. The lowest BCUT2D eigenvalue weighted by Crippen LogP contribution is -2.57. The fraction of sp³-hybridized carbons (Fsp3) is 0.615. The molecule has 0 bridgehead atoms. The first-order valence-corrected chi connectivity index (χ1v) is 15.5. The van der Waals surface area contributed by atoms with E-state index in [1.54, 1.807) is 16.7 Å². The van der Waals surface area contributed by atoms with Gasteiger partial charge in [-0.25, -0.2) is 9.18 Å². The largest absolute Gasteiger partial charge is 0.479 e. The first-order chi connectivity index (χ1) is 19.7. The Bertz CT molecular complexity index is 1450. The molecule has 0 radical (unpaired) electrons. The number of fused-ring (bicyclic) bond motifs is 3. The van der Waals surface area contributed by atoms with Gasteiger partial charge in [0.15, 0.2) is 17.7 Å². The van der Waals surface area contributed by atoms with Crippen molar-refractivity contribution in [3.05, 3.63) is 16.0 Å². The summed E-state index contributed by atoms with van der Waals surface area (Å²) < 4.78 is 25.7. The smallest absolute Gasteiger partial charge is 0.334 e. The fourth-order valence-electron chi connectivity index (χ4n) is 7.05. The van der Waals surface area contributed by atoms with Crippen LogP contribution in [0, 0.1) is 11.3 Å². The molecule has 4 fully saturated rings. The molecule has 3 atom stereocenters. The molecular weight excluding hydrogens is 571 g/mol. The van der Waals surface area contributed by atoms with Gasteiger partial charge in [-0.3, -0.25) is 4.90 Å². The molecule has 7 rings (SSSR count). The molecule has 1 spiro atoms. The SMILES string of the molecule is N#Cc1c(N)sc2c1C1(CN(c3nc(OC[C@@]45CCCN4C[C@H](F)C5)nc(N4CCO[C@@H](C(=O)O)C4)c3N)C1)SC2. The normalized spacial score (nSPS) is 28.4. The van der Waals surface area contributed by atoms with Crippen LogP contribution in [0.2, 0.25) is 0 Å². The van der Waals surface area contributed by atoms with E-state index in [1.807, 2.05) is 4.90 Å². The van der Waals surface area contributed by atoms with E-state index in [4.69, 9.17) is 25.9 Å². The molecule has 5 N–H and O–H groups in total. The average Bonchev–Trinajstić information content (AvgIpc) is 3.65. The molecule has 2 aromatic rings. The van der Waals surface area contributed by atoms with E-state index in [9.17, 15) is 19.6 Å². The number of nitrogen functional groups attached to an aromatic ring is 2. The maximum Gasteiger partial charge on any atom is 0.334 e. The van der Waals surface area contributed by atoms with Crippen molar-refractivity contribution < 1.29 is 23.8 Å². The number of hydrogen-bond acceptors (Lipinski definition) is 13. The Morgan fingerprint density at radius 3 is 2.78 bits per heavy atom. The van der Waals surface area contributed by atoms with Gasteiger partial charge in [0, 0.05) is 48.8 Å². The Morgan fingerprint density at radius 2 is 2.02 bits per heavy atom. The van der Waals surface area contributed by atoms with E-state index in [-0.39, 0.29) is 36.1 Å². The molecule has 0 amide bonds. The highest BCUT2D eigenvalue weighted by molar-refractivity contribution is 8.00. The summed E-state index contributed by atoms with van der Waals surface area (Å²) in [6.07, 6.45) is 0.378. The van der Waals surface area contributed by atoms with E-state index >= 15 is 0 Å². The molecule has 7 heterocycles. The quantitative estimate of drug-likeness (QED) is 0.438. The molecule has 41 heavy (non-hydrogen) atoms. The number of carbonyl (C=O) groups is 1. The highest BCUT2D eigenvalue weighted by Crippen LogP contribution is 2.58. The maximum atomic E-state index is 14.4. The molecule has 15 heteroatoms. The van der Waals surface area contributed by atoms with Crippen LogP contribution in [0.5, 0.6) is 6.01 Å². The average molecular weight is 603 g/mol. The highest BCUT2D eigenvalue weighted by Gasteiger charge is 2.53. The first-order valence-electron chi connectivity index (χ1n) is 13.7. The monoisotopic (exact) mass is 602 g/mol. The third kappa shape index (κ3) is 4.26. The van der Waals surface area contributed by atoms with E-state index < -0.39 is 18.2 Å². The molecule has 0 unspecified atom stereocenters. The molecule has 12 nitrogen and oxygen atoms in total. The van der Waals surface area contributed by atoms with Crippen molar-refractivity contribution in [3.63, 3.8) is 0 Å². The van der Waals surface area contributed by atoms with Gasteiger partial charge in [-0.15, -0.1) is 23.1 Å². The van der Waals surface area contributed by atoms with Gasteiger partial charge in [0.25, 0.3) is 0 Å². The van der Waals surface area contributed by atoms with E-state index in [0.717, 1.165) is 35.6 Å². The number of aromatic nitrogens is 2. The Morgan fingerprint density at radius 1 is 1.24 bits per heavy atom. The van der Waals surface area contributed by atoms with Gasteiger partial charge in [-0.1, -0.05) is 0 Å². The molecule has 218 valence electrons. The van der Waals surface area contributed by atoms with Gasteiger partial charge in [-0.2, -0.15) is 15.2 Å². The number of hydrogen-bond donors (Lipinski definition) is 3. The van der Waals surface area contributed by atoms with Crippen molar-refractivity contribution in [2.24, 2.45) is 0 Å². The Kier molecular flexibility index (Phi) is 6.38. The summed E-state index contributed by atoms with van der Waals surface area (Å²) >= 11 is 3.28. The number of aliphatic carboxylic acids is 1. The summed E-state index contributed by atoms with van der Waals surface area (Å²) in [6.45, 7) is 3.40. The Balaban J connectivity index is 1.20. The second-order valence-corrected chi connectivity index (χ2v) is 14.0. The minimum Gasteiger partial charge on any atom is -0.479 e. The van der Waals surface area contributed by atoms with Crippen LogP contribution < -0.4 is 26.0 Å². The number of halogens is 1. The standard InChI is InChI=1S/C26H31FN8O4S2/c27-14-6-25(2-1-3-35(25)8-14)13-39-24-31-21(33-4-5-38-16(9-33)23(36)37)19(29)22(32-24)34-11-26(12-34)18-15(7-28)20(30)41-17(18)10-40-26/h14,16H,1-6,8-13,29-30H2,(H,36,37)/t14-,16-,25+/m1/s1. The van der Waals surface area contributed by atoms with Gasteiger partial charge in [0.05, 0.1) is 29.0 Å². The molecule has 4 saturated heterocycles. The summed E-state index contributed by atoms with van der Waals surface area (Å²) in [6, 6.07) is 2.42. The molecule has 0 aliphatic carbocycles. The number of anilines is 4. The first kappa shape index (κ1) is 26.8. The lowest BCUT2D eigenvalue weighted by molar-refractivity contribution is -0.150. The van der Waals surface area contributed by atoms with Gasteiger partial charge in [-0.05, 0) is 19.4 Å². The predicted octanol–water partition coefficient (Wildman–Crippen LogP) is 1.78. The number of nitrogens with two attached hydrogens (primary N) is 2. The number of nitrogens with zero attached hydrogens (tertiary/aromatic N) is 6. The van der Waals surface area contributed by atoms with Gasteiger partial charge in [0.2, 0.25) is 0 Å². The van der Waals surface area contributed by atoms with Crippen LogP contribution >= 0.6 is 23.1 Å². The number of thiophene rings is 1. The summed E-state index contributed by atoms with van der Waals surface area (Å²) in [5.74, 6) is 0.647. The molecule has 0 aromatic carbocycles. The topological polar surface area (TPSA) is 167 Å². The zero-order chi connectivity index (χ0) is 28.5. The minimum absolute atomic E-state index is 0.0829. The third-order valence-electron chi connectivity index (χ3n) is 9.00. The van der Waals surface area contributed by atoms with E-state index in [1.165, 1.54) is 11.3 Å². The zero-order valence-electron chi connectivity index (χ0n) is 22.3. The number of nitriles is 1. The van der Waals surface area contributed by atoms with Crippen LogP contribution in [0.1, 0.15) is 35.3 Å². The van der Waals surface area contributed by atoms with Crippen LogP contribution in [-0.2, 0) is 20.0 Å². The second kappa shape index (κ2) is 9.75. The molecule has 2 aromatic heterocycles. The van der Waals surface area contributed by atoms with Gasteiger partial charge >= 0.3 is 12.0 Å². The molecule has 0 saturated carbocycles. The second-order valence-electron chi connectivity index (χ2n) is 11.5. The predicted molar refractivity (Wildman–Crippen MR) is 153 cm³/mol. The van der Waals surface area contributed by atoms with Crippen molar-refractivity contribution in [1.29, 1.82) is 5.26 Å². The third-order valence-corrected chi connectivity index (χ3v) is 11.7.